The Labute approximate surface area is 219 Å². The number of hydrogen-bond donors (Lipinski definition) is 4. The maximum Gasteiger partial charge on any atom is 0.194 e. The summed E-state index contributed by atoms with van der Waals surface area (Å²) < 4.78 is 62.0. The maximum atomic E-state index is 14.3. The predicted octanol–water partition coefficient (Wildman–Crippen LogP) is 3.04. The summed E-state index contributed by atoms with van der Waals surface area (Å²) in [6.07, 6.45) is -2.97. The lowest BCUT2D eigenvalue weighted by atomic mass is 9.94. The molecule has 1 aliphatic rings. The highest BCUT2D eigenvalue weighted by molar-refractivity contribution is 8.00. The fourth-order valence-corrected chi connectivity index (χ4v) is 5.95. The van der Waals surface area contributed by atoms with E-state index in [1.807, 2.05) is 0 Å². The molecule has 4 rings (SSSR count). The van der Waals surface area contributed by atoms with Gasteiger partial charge in [-0.15, -0.1) is 16.9 Å². The minimum atomic E-state index is -1.64. The van der Waals surface area contributed by atoms with Gasteiger partial charge in [0, 0.05) is 5.56 Å². The fourth-order valence-electron chi connectivity index (χ4n) is 4.41. The lowest BCUT2D eigenvalue weighted by Gasteiger charge is -2.44. The molecule has 38 heavy (non-hydrogen) atoms. The number of nitrogens with zero attached hydrogens (tertiary/aromatic N) is 3. The van der Waals surface area contributed by atoms with E-state index in [-0.39, 0.29) is 11.3 Å². The van der Waals surface area contributed by atoms with Crippen molar-refractivity contribution in [2.75, 3.05) is 6.61 Å². The molecule has 0 unspecified atom stereocenters. The minimum Gasteiger partial charge on any atom is -0.394 e. The van der Waals surface area contributed by atoms with E-state index >= 15 is 0 Å². The van der Waals surface area contributed by atoms with Gasteiger partial charge in [0.05, 0.1) is 23.7 Å². The largest absolute Gasteiger partial charge is 0.394 e. The smallest absolute Gasteiger partial charge is 0.194 e. The first-order valence-electron chi connectivity index (χ1n) is 11.7. The van der Waals surface area contributed by atoms with Crippen LogP contribution in [0.25, 0.3) is 11.3 Å². The van der Waals surface area contributed by atoms with Crippen LogP contribution in [-0.4, -0.2) is 71.4 Å². The van der Waals surface area contributed by atoms with E-state index in [1.54, 1.807) is 13.0 Å². The van der Waals surface area contributed by atoms with Crippen LogP contribution < -0.4 is 0 Å². The molecule has 1 saturated heterocycles. The molecule has 0 radical (unpaired) electrons. The number of rotatable bonds is 7. The summed E-state index contributed by atoms with van der Waals surface area (Å²) in [5.41, 5.74) is -1.99. The van der Waals surface area contributed by atoms with Crippen molar-refractivity contribution in [3.8, 4) is 11.3 Å². The molecular formula is C25H27F4N3O5S. The van der Waals surface area contributed by atoms with E-state index in [0.717, 1.165) is 28.6 Å². The Kier molecular flexibility index (Phi) is 8.17. The van der Waals surface area contributed by atoms with Crippen molar-refractivity contribution in [2.45, 2.75) is 61.4 Å². The molecule has 4 N–H and O–H groups in total. The van der Waals surface area contributed by atoms with Crippen molar-refractivity contribution in [2.24, 2.45) is 0 Å². The van der Waals surface area contributed by atoms with E-state index in [2.05, 4.69) is 10.3 Å². The lowest BCUT2D eigenvalue weighted by molar-refractivity contribution is -0.179. The second-order valence-corrected chi connectivity index (χ2v) is 10.9. The molecule has 3 aromatic rings. The second-order valence-electron chi connectivity index (χ2n) is 9.66. The van der Waals surface area contributed by atoms with E-state index in [4.69, 9.17) is 4.74 Å². The van der Waals surface area contributed by atoms with E-state index in [0.29, 0.717) is 11.1 Å². The topological polar surface area (TPSA) is 121 Å². The van der Waals surface area contributed by atoms with Gasteiger partial charge in [0.25, 0.3) is 0 Å². The monoisotopic (exact) mass is 557 g/mol. The Morgan fingerprint density at radius 1 is 1.08 bits per heavy atom. The SMILES string of the molecule is Cc1c(F)cccc1[C@@H](S[C@@H]1O[C@H](CO)[C@H](O)[C@H](n2cc(-c3cc(F)c(F)c(F)c3)nn2)[C@H]1O)C(C)(C)O. The molecule has 2 heterocycles. The van der Waals surface area contributed by atoms with Gasteiger partial charge in [0.15, 0.2) is 17.5 Å². The van der Waals surface area contributed by atoms with Gasteiger partial charge in [-0.3, -0.25) is 0 Å². The van der Waals surface area contributed by atoms with Gasteiger partial charge in [-0.25, -0.2) is 22.2 Å². The van der Waals surface area contributed by atoms with Gasteiger partial charge in [0.2, 0.25) is 0 Å². The molecule has 0 aliphatic carbocycles. The van der Waals surface area contributed by atoms with E-state index in [9.17, 15) is 38.0 Å². The van der Waals surface area contributed by atoms with Crippen LogP contribution in [0.2, 0.25) is 0 Å². The minimum absolute atomic E-state index is 0.0665. The van der Waals surface area contributed by atoms with Gasteiger partial charge in [0.1, 0.15) is 41.3 Å². The van der Waals surface area contributed by atoms with Crippen LogP contribution in [-0.2, 0) is 4.74 Å². The highest BCUT2D eigenvalue weighted by atomic mass is 32.2. The zero-order valence-electron chi connectivity index (χ0n) is 20.6. The van der Waals surface area contributed by atoms with Gasteiger partial charge >= 0.3 is 0 Å². The molecule has 8 nitrogen and oxygen atoms in total. The van der Waals surface area contributed by atoms with Crippen molar-refractivity contribution in [3.05, 3.63) is 70.9 Å². The molecule has 0 spiro atoms. The van der Waals surface area contributed by atoms with Gasteiger partial charge < -0.3 is 25.2 Å². The van der Waals surface area contributed by atoms with Gasteiger partial charge in [-0.2, -0.15) is 0 Å². The molecular weight excluding hydrogens is 530 g/mol. The molecule has 206 valence electrons. The third kappa shape index (κ3) is 5.44. The molecule has 0 saturated carbocycles. The third-order valence-electron chi connectivity index (χ3n) is 6.45. The highest BCUT2D eigenvalue weighted by Gasteiger charge is 2.48. The van der Waals surface area contributed by atoms with Crippen LogP contribution in [0.4, 0.5) is 17.6 Å². The van der Waals surface area contributed by atoms with Gasteiger partial charge in [-0.05, 0) is 50.1 Å². The highest BCUT2D eigenvalue weighted by Crippen LogP contribution is 2.47. The molecule has 1 fully saturated rings. The summed E-state index contributed by atoms with van der Waals surface area (Å²) >= 11 is 0.971. The third-order valence-corrected chi connectivity index (χ3v) is 8.21. The summed E-state index contributed by atoms with van der Waals surface area (Å²) in [6.45, 7) is 3.96. The molecule has 1 aliphatic heterocycles. The van der Waals surface area contributed by atoms with Crippen molar-refractivity contribution in [1.82, 2.24) is 15.0 Å². The van der Waals surface area contributed by atoms with Crippen LogP contribution in [0, 0.1) is 30.2 Å². The van der Waals surface area contributed by atoms with Crippen molar-refractivity contribution in [3.63, 3.8) is 0 Å². The molecule has 6 atom stereocenters. The van der Waals surface area contributed by atoms with E-state index in [1.165, 1.54) is 32.2 Å². The molecule has 13 heteroatoms. The lowest BCUT2D eigenvalue weighted by Crippen LogP contribution is -2.55. The summed E-state index contributed by atoms with van der Waals surface area (Å²) in [5, 5.41) is 49.8. The maximum absolute atomic E-state index is 14.3. The Morgan fingerprint density at radius 3 is 2.34 bits per heavy atom. The number of aromatic nitrogens is 3. The van der Waals surface area contributed by atoms with Crippen molar-refractivity contribution in [1.29, 1.82) is 0 Å². The first-order valence-corrected chi connectivity index (χ1v) is 12.6. The average molecular weight is 558 g/mol. The number of ether oxygens (including phenoxy) is 1. The number of aliphatic hydroxyl groups is 4. The Balaban J connectivity index is 1.68. The quantitative estimate of drug-likeness (QED) is 0.259. The normalized spacial score (nSPS) is 25.0. The molecule has 2 aromatic carbocycles. The molecule has 0 bridgehead atoms. The van der Waals surface area contributed by atoms with E-state index < -0.39 is 70.5 Å². The van der Waals surface area contributed by atoms with Crippen LogP contribution in [0.3, 0.4) is 0 Å². The van der Waals surface area contributed by atoms with Crippen LogP contribution >= 0.6 is 11.8 Å². The second kappa shape index (κ2) is 10.9. The Bertz CT molecular complexity index is 1280. The number of hydrogen-bond acceptors (Lipinski definition) is 8. The zero-order valence-corrected chi connectivity index (χ0v) is 21.4. The number of aliphatic hydroxyl groups excluding tert-OH is 3. The summed E-state index contributed by atoms with van der Waals surface area (Å²) in [4.78, 5) is 0. The average Bonchev–Trinajstić information content (AvgIpc) is 3.33. The number of benzene rings is 2. The standard InChI is InChI=1S/C25H27F4N3O5S/c1-11-13(5-4-6-14(11)26)23(25(2,3)36)38-24-22(35)20(21(34)18(10-33)37-24)32-9-17(30-31-32)12-7-15(27)19(29)16(28)8-12/h4-9,18,20-24,33-36H,10H2,1-3H3/t18-,20+,21+,22-,23-,24+/m1/s1. The summed E-state index contributed by atoms with van der Waals surface area (Å²) in [5.74, 6) is -4.98. The van der Waals surface area contributed by atoms with Gasteiger partial charge in [-0.1, -0.05) is 17.3 Å². The Hall–Kier alpha value is -2.55. The number of thioether (sulfide) groups is 1. The zero-order chi connectivity index (χ0) is 27.9. The van der Waals surface area contributed by atoms with Crippen molar-refractivity contribution >= 4 is 11.8 Å². The first-order chi connectivity index (χ1) is 17.8. The van der Waals surface area contributed by atoms with Crippen LogP contribution in [0.15, 0.2) is 36.5 Å². The Morgan fingerprint density at radius 2 is 1.74 bits per heavy atom. The van der Waals surface area contributed by atoms with Crippen molar-refractivity contribution < 1.29 is 42.7 Å². The molecule has 0 amide bonds. The fraction of sp³-hybridized carbons (Fsp3) is 0.440. The molecule has 1 aromatic heterocycles. The predicted molar refractivity (Wildman–Crippen MR) is 130 cm³/mol. The first kappa shape index (κ1) is 28.5. The summed E-state index contributed by atoms with van der Waals surface area (Å²) in [7, 11) is 0. The number of halogens is 4. The van der Waals surface area contributed by atoms with Crippen LogP contribution in [0.1, 0.15) is 36.3 Å². The van der Waals surface area contributed by atoms with Crippen LogP contribution in [0.5, 0.6) is 0 Å². The summed E-state index contributed by atoms with van der Waals surface area (Å²) in [6, 6.07) is 4.64.